The molecule has 0 spiro atoms. The third-order valence-electron chi connectivity index (χ3n) is 3.78. The molecule has 4 rings (SSSR count). The van der Waals surface area contributed by atoms with Gasteiger partial charge in [0.1, 0.15) is 5.82 Å². The van der Waals surface area contributed by atoms with E-state index in [1.807, 2.05) is 0 Å². The number of benzene rings is 1. The summed E-state index contributed by atoms with van der Waals surface area (Å²) in [6.07, 6.45) is 3.97. The molecule has 1 aliphatic rings. The van der Waals surface area contributed by atoms with Gasteiger partial charge in [-0.1, -0.05) is 17.7 Å². The smallest absolute Gasteiger partial charge is 0.272 e. The highest BCUT2D eigenvalue weighted by molar-refractivity contribution is 6.30. The van der Waals surface area contributed by atoms with Gasteiger partial charge in [-0.3, -0.25) is 4.79 Å². The molecule has 0 bridgehead atoms. The zero-order chi connectivity index (χ0) is 16.8. The van der Waals surface area contributed by atoms with Crippen molar-refractivity contribution in [1.82, 2.24) is 19.9 Å². The third kappa shape index (κ3) is 2.60. The van der Waals surface area contributed by atoms with Gasteiger partial charge >= 0.3 is 0 Å². The van der Waals surface area contributed by atoms with E-state index in [4.69, 9.17) is 11.6 Å². The van der Waals surface area contributed by atoms with E-state index in [0.29, 0.717) is 11.1 Å². The van der Waals surface area contributed by atoms with E-state index in [1.54, 1.807) is 6.07 Å². The van der Waals surface area contributed by atoms with Crippen LogP contribution in [0.5, 0.6) is 0 Å². The van der Waals surface area contributed by atoms with Gasteiger partial charge in [0.15, 0.2) is 17.2 Å². The summed E-state index contributed by atoms with van der Waals surface area (Å²) in [7, 11) is 0. The second kappa shape index (κ2) is 5.52. The van der Waals surface area contributed by atoms with Gasteiger partial charge in [0, 0.05) is 6.04 Å². The minimum atomic E-state index is -0.621. The highest BCUT2D eigenvalue weighted by Crippen LogP contribution is 2.31. The number of halogens is 3. The Morgan fingerprint density at radius 3 is 2.83 bits per heavy atom. The second-order valence-corrected chi connectivity index (χ2v) is 6.05. The van der Waals surface area contributed by atoms with Crippen molar-refractivity contribution in [3.8, 4) is 11.1 Å². The van der Waals surface area contributed by atoms with Gasteiger partial charge in [0.2, 0.25) is 0 Å². The predicted molar refractivity (Wildman–Crippen MR) is 83.8 cm³/mol. The first-order chi connectivity index (χ1) is 11.5. The van der Waals surface area contributed by atoms with Crippen LogP contribution in [-0.4, -0.2) is 26.5 Å². The molecule has 0 aliphatic heterocycles. The molecule has 3 aromatic rings. The van der Waals surface area contributed by atoms with Gasteiger partial charge in [-0.2, -0.15) is 5.10 Å². The van der Waals surface area contributed by atoms with Crippen molar-refractivity contribution in [2.45, 2.75) is 18.9 Å². The number of fused-ring (bicyclic) bond motifs is 1. The maximum Gasteiger partial charge on any atom is 0.272 e. The van der Waals surface area contributed by atoms with Gasteiger partial charge in [-0.05, 0) is 30.5 Å². The van der Waals surface area contributed by atoms with Crippen LogP contribution >= 0.6 is 11.6 Å². The SMILES string of the molecule is O=C(NC1CC1)c1nn2cc(F)cnc2c1-c1ccc(Cl)c(F)c1. The molecule has 1 saturated carbocycles. The Kier molecular flexibility index (Phi) is 3.45. The monoisotopic (exact) mass is 348 g/mol. The summed E-state index contributed by atoms with van der Waals surface area (Å²) in [4.78, 5) is 16.5. The number of amides is 1. The van der Waals surface area contributed by atoms with Crippen molar-refractivity contribution in [1.29, 1.82) is 0 Å². The lowest BCUT2D eigenvalue weighted by Crippen LogP contribution is -2.26. The average Bonchev–Trinajstić information content (AvgIpc) is 3.27. The fraction of sp³-hybridized carbons (Fsp3) is 0.188. The minimum Gasteiger partial charge on any atom is -0.348 e. The van der Waals surface area contributed by atoms with Crippen LogP contribution in [-0.2, 0) is 0 Å². The van der Waals surface area contributed by atoms with Gasteiger partial charge < -0.3 is 5.32 Å². The molecular formula is C16H11ClF2N4O. The van der Waals surface area contributed by atoms with Crippen LogP contribution in [0.25, 0.3) is 16.8 Å². The molecule has 1 amide bonds. The number of aromatic nitrogens is 3. The molecule has 24 heavy (non-hydrogen) atoms. The van der Waals surface area contributed by atoms with Crippen molar-refractivity contribution in [3.05, 3.63) is 52.9 Å². The van der Waals surface area contributed by atoms with Gasteiger partial charge in [-0.25, -0.2) is 18.3 Å². The zero-order valence-corrected chi connectivity index (χ0v) is 13.0. The Morgan fingerprint density at radius 1 is 1.33 bits per heavy atom. The van der Waals surface area contributed by atoms with Crippen LogP contribution in [0.1, 0.15) is 23.3 Å². The lowest BCUT2D eigenvalue weighted by atomic mass is 10.1. The maximum atomic E-state index is 13.8. The molecule has 0 radical (unpaired) electrons. The van der Waals surface area contributed by atoms with Crippen LogP contribution in [0.4, 0.5) is 8.78 Å². The number of rotatable bonds is 3. The van der Waals surface area contributed by atoms with Crippen LogP contribution < -0.4 is 5.32 Å². The molecule has 1 fully saturated rings. The van der Waals surface area contributed by atoms with Crippen molar-refractivity contribution >= 4 is 23.2 Å². The normalized spacial score (nSPS) is 14.1. The minimum absolute atomic E-state index is 0.0294. The Labute approximate surface area is 140 Å². The van der Waals surface area contributed by atoms with Crippen LogP contribution in [0.2, 0.25) is 5.02 Å². The van der Waals surface area contributed by atoms with Gasteiger partial charge in [0.25, 0.3) is 5.91 Å². The van der Waals surface area contributed by atoms with E-state index in [1.165, 1.54) is 16.6 Å². The van der Waals surface area contributed by atoms with Crippen LogP contribution in [0, 0.1) is 11.6 Å². The van der Waals surface area contributed by atoms with E-state index < -0.39 is 17.5 Å². The lowest BCUT2D eigenvalue weighted by molar-refractivity contribution is 0.0946. The molecular weight excluding hydrogens is 338 g/mol. The number of nitrogens with one attached hydrogen (secondary N) is 1. The molecule has 1 aromatic carbocycles. The molecule has 5 nitrogen and oxygen atoms in total. The lowest BCUT2D eigenvalue weighted by Gasteiger charge is -2.05. The van der Waals surface area contributed by atoms with Crippen molar-refractivity contribution < 1.29 is 13.6 Å². The summed E-state index contributed by atoms with van der Waals surface area (Å²) >= 11 is 5.72. The van der Waals surface area contributed by atoms with Gasteiger partial charge in [0.05, 0.1) is 23.0 Å². The highest BCUT2D eigenvalue weighted by Gasteiger charge is 2.28. The summed E-state index contributed by atoms with van der Waals surface area (Å²) in [5, 5.41) is 6.93. The van der Waals surface area contributed by atoms with E-state index >= 15 is 0 Å². The Hall–Kier alpha value is -2.54. The number of carbonyl (C=O) groups excluding carboxylic acids is 1. The Morgan fingerprint density at radius 2 is 2.12 bits per heavy atom. The molecule has 0 atom stereocenters. The molecule has 0 saturated heterocycles. The Bertz CT molecular complexity index is 968. The van der Waals surface area contributed by atoms with E-state index in [9.17, 15) is 13.6 Å². The standard InChI is InChI=1S/C16H11ClF2N4O/c17-11-4-1-8(5-12(11)19)13-14(16(24)21-10-2-3-10)22-23-7-9(18)6-20-15(13)23/h1,4-7,10H,2-3H2,(H,21,24). The number of carbonyl (C=O) groups is 1. The van der Waals surface area contributed by atoms with Crippen molar-refractivity contribution in [2.75, 3.05) is 0 Å². The summed E-state index contributed by atoms with van der Waals surface area (Å²) in [5.41, 5.74) is 1.07. The first kappa shape index (κ1) is 15.0. The number of hydrogen-bond donors (Lipinski definition) is 1. The molecule has 2 heterocycles. The summed E-state index contributed by atoms with van der Waals surface area (Å²) in [6, 6.07) is 4.29. The highest BCUT2D eigenvalue weighted by atomic mass is 35.5. The van der Waals surface area contributed by atoms with E-state index in [2.05, 4.69) is 15.4 Å². The van der Waals surface area contributed by atoms with E-state index in [0.717, 1.165) is 25.2 Å². The molecule has 1 N–H and O–H groups in total. The first-order valence-electron chi connectivity index (χ1n) is 7.33. The number of nitrogens with zero attached hydrogens (tertiary/aromatic N) is 3. The second-order valence-electron chi connectivity index (χ2n) is 5.64. The fourth-order valence-electron chi connectivity index (χ4n) is 2.47. The van der Waals surface area contributed by atoms with Crippen LogP contribution in [0.15, 0.2) is 30.6 Å². The number of hydrogen-bond acceptors (Lipinski definition) is 3. The largest absolute Gasteiger partial charge is 0.348 e. The first-order valence-corrected chi connectivity index (χ1v) is 7.71. The summed E-state index contributed by atoms with van der Waals surface area (Å²) in [5.74, 6) is -1.61. The molecule has 0 unspecified atom stereocenters. The van der Waals surface area contributed by atoms with E-state index in [-0.39, 0.29) is 22.4 Å². The molecule has 122 valence electrons. The van der Waals surface area contributed by atoms with Crippen molar-refractivity contribution in [2.24, 2.45) is 0 Å². The third-order valence-corrected chi connectivity index (χ3v) is 4.08. The summed E-state index contributed by atoms with van der Waals surface area (Å²) < 4.78 is 28.4. The molecule has 2 aromatic heterocycles. The quantitative estimate of drug-likeness (QED) is 0.790. The fourth-order valence-corrected chi connectivity index (χ4v) is 2.59. The molecule has 8 heteroatoms. The van der Waals surface area contributed by atoms with Gasteiger partial charge in [-0.15, -0.1) is 0 Å². The van der Waals surface area contributed by atoms with Crippen LogP contribution in [0.3, 0.4) is 0 Å². The van der Waals surface area contributed by atoms with Crippen molar-refractivity contribution in [3.63, 3.8) is 0 Å². The Balaban J connectivity index is 1.92. The molecule has 1 aliphatic carbocycles. The summed E-state index contributed by atoms with van der Waals surface area (Å²) in [6.45, 7) is 0. The average molecular weight is 349 g/mol. The predicted octanol–water partition coefficient (Wildman–Crippen LogP) is 3.22. The zero-order valence-electron chi connectivity index (χ0n) is 12.3. The topological polar surface area (TPSA) is 59.3 Å². The maximum absolute atomic E-state index is 13.8.